The zero-order valence-electron chi connectivity index (χ0n) is 13.2. The monoisotopic (exact) mass is 330 g/mol. The first-order chi connectivity index (χ1) is 10.8. The topological polar surface area (TPSA) is 41.6 Å². The molecule has 0 bridgehead atoms. The minimum Gasteiger partial charge on any atom is -0.480 e. The number of halogens is 3. The van der Waals surface area contributed by atoms with Gasteiger partial charge in [0.05, 0.1) is 5.56 Å². The molecule has 128 valence electrons. The zero-order chi connectivity index (χ0) is 17.0. The summed E-state index contributed by atoms with van der Waals surface area (Å²) in [5.41, 5.74) is -0.869. The Morgan fingerprint density at radius 3 is 2.74 bits per heavy atom. The fourth-order valence-corrected chi connectivity index (χ4v) is 2.71. The van der Waals surface area contributed by atoms with Crippen LogP contribution in [0, 0.1) is 0 Å². The highest BCUT2D eigenvalue weighted by Gasteiger charge is 2.35. The van der Waals surface area contributed by atoms with Gasteiger partial charge in [0, 0.05) is 19.1 Å². The van der Waals surface area contributed by atoms with Crippen LogP contribution in [-0.4, -0.2) is 43.1 Å². The van der Waals surface area contributed by atoms with Gasteiger partial charge in [-0.15, -0.1) is 0 Å². The van der Waals surface area contributed by atoms with Crippen molar-refractivity contribution < 1.29 is 22.7 Å². The predicted octanol–water partition coefficient (Wildman–Crippen LogP) is 2.68. The molecular weight excluding hydrogens is 309 g/mol. The van der Waals surface area contributed by atoms with Crippen molar-refractivity contribution in [1.82, 2.24) is 10.2 Å². The minimum atomic E-state index is -4.51. The molecule has 0 aromatic heterocycles. The Morgan fingerprint density at radius 2 is 2.09 bits per heavy atom. The van der Waals surface area contributed by atoms with Crippen LogP contribution in [-0.2, 0) is 11.0 Å². The third-order valence-corrected chi connectivity index (χ3v) is 3.99. The number of ether oxygens (including phenoxy) is 1. The van der Waals surface area contributed by atoms with Gasteiger partial charge in [0.2, 0.25) is 0 Å². The Morgan fingerprint density at radius 1 is 1.39 bits per heavy atom. The normalized spacial score (nSPS) is 20.2. The minimum absolute atomic E-state index is 0.211. The fraction of sp³-hybridized carbons (Fsp3) is 0.562. The van der Waals surface area contributed by atoms with E-state index >= 15 is 0 Å². The molecule has 1 fully saturated rings. The Labute approximate surface area is 133 Å². The Kier molecular flexibility index (Phi) is 5.51. The van der Waals surface area contributed by atoms with Gasteiger partial charge in [0.15, 0.2) is 6.10 Å². The number of likely N-dealkylation sites (N-methyl/N-ethyl adjacent to an activating group) is 1. The molecule has 1 aliphatic heterocycles. The number of benzene rings is 1. The number of nitrogens with one attached hydrogen (secondary N) is 1. The molecule has 0 aliphatic carbocycles. The summed E-state index contributed by atoms with van der Waals surface area (Å²) >= 11 is 0. The van der Waals surface area contributed by atoms with Crippen molar-refractivity contribution in [2.75, 3.05) is 20.1 Å². The van der Waals surface area contributed by atoms with Crippen molar-refractivity contribution >= 4 is 5.91 Å². The summed E-state index contributed by atoms with van der Waals surface area (Å²) in [6.07, 6.45) is -3.63. The van der Waals surface area contributed by atoms with Gasteiger partial charge in [-0.05, 0) is 38.9 Å². The molecular formula is C16H21F3N2O2. The molecule has 7 heteroatoms. The number of alkyl halides is 3. The number of amides is 1. The van der Waals surface area contributed by atoms with E-state index in [0.29, 0.717) is 13.1 Å². The third kappa shape index (κ3) is 4.37. The lowest BCUT2D eigenvalue weighted by Crippen LogP contribution is -2.50. The molecule has 1 N–H and O–H groups in total. The zero-order valence-corrected chi connectivity index (χ0v) is 13.2. The molecule has 1 heterocycles. The lowest BCUT2D eigenvalue weighted by Gasteiger charge is -2.34. The number of hydrogen-bond acceptors (Lipinski definition) is 3. The van der Waals surface area contributed by atoms with Crippen molar-refractivity contribution in [1.29, 1.82) is 0 Å². The fourth-order valence-electron chi connectivity index (χ4n) is 2.71. The highest BCUT2D eigenvalue weighted by Crippen LogP contribution is 2.36. The predicted molar refractivity (Wildman–Crippen MR) is 80.2 cm³/mol. The van der Waals surface area contributed by atoms with E-state index in [2.05, 4.69) is 5.32 Å². The van der Waals surface area contributed by atoms with Crippen molar-refractivity contribution in [2.24, 2.45) is 0 Å². The Bertz CT molecular complexity index is 548. The van der Waals surface area contributed by atoms with E-state index in [1.165, 1.54) is 25.1 Å². The van der Waals surface area contributed by atoms with Crippen LogP contribution in [0.5, 0.6) is 5.75 Å². The van der Waals surface area contributed by atoms with E-state index < -0.39 is 17.8 Å². The molecule has 1 amide bonds. The second-order valence-electron chi connectivity index (χ2n) is 5.67. The van der Waals surface area contributed by atoms with E-state index in [4.69, 9.17) is 4.74 Å². The van der Waals surface area contributed by atoms with E-state index in [1.54, 1.807) is 4.90 Å². The smallest absolute Gasteiger partial charge is 0.419 e. The van der Waals surface area contributed by atoms with E-state index in [9.17, 15) is 18.0 Å². The highest BCUT2D eigenvalue weighted by molar-refractivity contribution is 5.81. The number of likely N-dealkylation sites (tertiary alicyclic amines) is 1. The molecule has 0 saturated carbocycles. The number of rotatable bonds is 4. The van der Waals surface area contributed by atoms with Crippen LogP contribution in [0.2, 0.25) is 0 Å². The standard InChI is InChI=1S/C16H21F3N2O2/c1-11(15(22)21-9-5-6-12(10-21)20-2)23-14-8-4-3-7-13(14)16(17,18)19/h3-4,7-8,11-12,20H,5-6,9-10H2,1-2H3. The number of hydrogen-bond donors (Lipinski definition) is 1. The average molecular weight is 330 g/mol. The maximum Gasteiger partial charge on any atom is 0.419 e. The molecule has 2 unspecified atom stereocenters. The van der Waals surface area contributed by atoms with Crippen LogP contribution < -0.4 is 10.1 Å². The largest absolute Gasteiger partial charge is 0.480 e. The van der Waals surface area contributed by atoms with Crippen LogP contribution in [0.4, 0.5) is 13.2 Å². The first-order valence-corrected chi connectivity index (χ1v) is 7.62. The summed E-state index contributed by atoms with van der Waals surface area (Å²) < 4.78 is 44.2. The molecule has 1 aromatic rings. The van der Waals surface area contributed by atoms with E-state index in [-0.39, 0.29) is 17.7 Å². The SMILES string of the molecule is CNC1CCCN(C(=O)C(C)Oc2ccccc2C(F)(F)F)C1. The second kappa shape index (κ2) is 7.21. The van der Waals surface area contributed by atoms with E-state index in [0.717, 1.165) is 18.9 Å². The molecule has 0 spiro atoms. The van der Waals surface area contributed by atoms with Crippen molar-refractivity contribution in [3.8, 4) is 5.75 Å². The third-order valence-electron chi connectivity index (χ3n) is 3.99. The van der Waals surface area contributed by atoms with Gasteiger partial charge in [0.25, 0.3) is 5.91 Å². The number of carbonyl (C=O) groups is 1. The molecule has 4 nitrogen and oxygen atoms in total. The number of piperidine rings is 1. The Hall–Kier alpha value is -1.76. The highest BCUT2D eigenvalue weighted by atomic mass is 19.4. The summed E-state index contributed by atoms with van der Waals surface area (Å²) in [6, 6.07) is 5.15. The summed E-state index contributed by atoms with van der Waals surface area (Å²) in [7, 11) is 1.83. The maximum absolute atomic E-state index is 13.0. The summed E-state index contributed by atoms with van der Waals surface area (Å²) in [4.78, 5) is 14.1. The summed E-state index contributed by atoms with van der Waals surface area (Å²) in [6.45, 7) is 2.63. The van der Waals surface area contributed by atoms with Crippen LogP contribution in [0.1, 0.15) is 25.3 Å². The first-order valence-electron chi connectivity index (χ1n) is 7.62. The Balaban J connectivity index is 2.07. The first kappa shape index (κ1) is 17.6. The van der Waals surface area contributed by atoms with Crippen molar-refractivity contribution in [3.63, 3.8) is 0 Å². The van der Waals surface area contributed by atoms with Gasteiger partial charge in [-0.2, -0.15) is 13.2 Å². The van der Waals surface area contributed by atoms with Crippen LogP contribution in [0.3, 0.4) is 0 Å². The second-order valence-corrected chi connectivity index (χ2v) is 5.67. The van der Waals surface area contributed by atoms with Gasteiger partial charge in [-0.25, -0.2) is 0 Å². The van der Waals surface area contributed by atoms with Gasteiger partial charge in [-0.1, -0.05) is 12.1 Å². The van der Waals surface area contributed by atoms with Crippen molar-refractivity contribution in [2.45, 2.75) is 38.1 Å². The van der Waals surface area contributed by atoms with E-state index in [1.807, 2.05) is 7.05 Å². The van der Waals surface area contributed by atoms with Gasteiger partial charge >= 0.3 is 6.18 Å². The number of nitrogens with zero attached hydrogens (tertiary/aromatic N) is 1. The molecule has 23 heavy (non-hydrogen) atoms. The molecule has 1 saturated heterocycles. The van der Waals surface area contributed by atoms with Crippen LogP contribution in [0.15, 0.2) is 24.3 Å². The summed E-state index contributed by atoms with van der Waals surface area (Å²) in [5.74, 6) is -0.607. The number of para-hydroxylation sites is 1. The lowest BCUT2D eigenvalue weighted by molar-refractivity contribution is -0.144. The maximum atomic E-state index is 13.0. The molecule has 1 aromatic carbocycles. The number of carbonyl (C=O) groups excluding carboxylic acids is 1. The van der Waals surface area contributed by atoms with Crippen molar-refractivity contribution in [3.05, 3.63) is 29.8 Å². The lowest BCUT2D eigenvalue weighted by atomic mass is 10.1. The average Bonchev–Trinajstić information content (AvgIpc) is 2.53. The van der Waals surface area contributed by atoms with Gasteiger partial charge < -0.3 is 15.0 Å². The van der Waals surface area contributed by atoms with Gasteiger partial charge in [0.1, 0.15) is 5.75 Å². The molecule has 0 radical (unpaired) electrons. The van der Waals surface area contributed by atoms with Crippen LogP contribution in [0.25, 0.3) is 0 Å². The molecule has 1 aliphatic rings. The van der Waals surface area contributed by atoms with Crippen LogP contribution >= 0.6 is 0 Å². The molecule has 2 rings (SSSR count). The van der Waals surface area contributed by atoms with Gasteiger partial charge in [-0.3, -0.25) is 4.79 Å². The summed E-state index contributed by atoms with van der Waals surface area (Å²) in [5, 5.41) is 3.12. The quantitative estimate of drug-likeness (QED) is 0.923. The molecule has 2 atom stereocenters.